The maximum atomic E-state index is 3.15. The van der Waals surface area contributed by atoms with E-state index < -0.39 is 0 Å². The van der Waals surface area contributed by atoms with Crippen LogP contribution < -0.4 is 0 Å². The second-order valence-corrected chi connectivity index (χ2v) is 13.1. The molecule has 0 radical (unpaired) electrons. The first kappa shape index (κ1) is 31.4. The monoisotopic (exact) mass is 519 g/mol. The molecule has 2 atom stereocenters. The van der Waals surface area contributed by atoms with E-state index in [0.717, 1.165) is 30.2 Å². The van der Waals surface area contributed by atoms with Gasteiger partial charge in [0, 0.05) is 30.2 Å². The Morgan fingerprint density at radius 3 is 1.49 bits per heavy atom. The van der Waals surface area contributed by atoms with E-state index in [1.807, 2.05) is 0 Å². The van der Waals surface area contributed by atoms with Crippen molar-refractivity contribution in [3.8, 4) is 0 Å². The minimum absolute atomic E-state index is 0.771. The Kier molecular flexibility index (Phi) is 14.8. The molecule has 2 unspecified atom stereocenters. The smallest absolute Gasteiger partial charge is 0.0125 e. The zero-order valence-electron chi connectivity index (χ0n) is 25.9. The summed E-state index contributed by atoms with van der Waals surface area (Å²) < 4.78 is 0. The van der Waals surface area contributed by atoms with Crippen molar-refractivity contribution < 1.29 is 0 Å². The van der Waals surface area contributed by atoms with Gasteiger partial charge in [-0.05, 0) is 117 Å². The quantitative estimate of drug-likeness (QED) is 0.197. The molecule has 0 bridgehead atoms. The number of nitrogens with zero attached hydrogens (tertiary/aromatic N) is 4. The largest absolute Gasteiger partial charge is 0.303 e. The van der Waals surface area contributed by atoms with Gasteiger partial charge in [-0.2, -0.15) is 0 Å². The molecule has 0 amide bonds. The van der Waals surface area contributed by atoms with Crippen molar-refractivity contribution in [3.63, 3.8) is 0 Å². The average Bonchev–Trinajstić information content (AvgIpc) is 2.93. The zero-order chi connectivity index (χ0) is 26.5. The third-order valence-electron chi connectivity index (χ3n) is 10.3. The van der Waals surface area contributed by atoms with Gasteiger partial charge in [0.2, 0.25) is 0 Å². The first-order chi connectivity index (χ1) is 18.1. The van der Waals surface area contributed by atoms with E-state index in [0.29, 0.717) is 0 Å². The fourth-order valence-electron chi connectivity index (χ4n) is 7.82. The molecule has 3 aliphatic heterocycles. The molecule has 0 aromatic carbocycles. The molecule has 3 rings (SSSR count). The van der Waals surface area contributed by atoms with Crippen LogP contribution in [0.4, 0.5) is 0 Å². The number of hydrogen-bond acceptors (Lipinski definition) is 4. The molecule has 218 valence electrons. The Bertz CT molecular complexity index is 559. The summed E-state index contributed by atoms with van der Waals surface area (Å²) in [7, 11) is 0. The van der Waals surface area contributed by atoms with Crippen LogP contribution in [0, 0.1) is 0 Å². The molecule has 0 saturated carbocycles. The lowest BCUT2D eigenvalue weighted by Gasteiger charge is -2.51. The fourth-order valence-corrected chi connectivity index (χ4v) is 7.82. The molecule has 0 spiro atoms. The Morgan fingerprint density at radius 2 is 1.00 bits per heavy atom. The topological polar surface area (TPSA) is 13.0 Å². The second kappa shape index (κ2) is 17.5. The lowest BCUT2D eigenvalue weighted by molar-refractivity contribution is -0.0202. The maximum absolute atomic E-state index is 3.15. The van der Waals surface area contributed by atoms with E-state index in [1.54, 1.807) is 0 Å². The summed E-state index contributed by atoms with van der Waals surface area (Å²) in [5.74, 6) is 0. The third kappa shape index (κ3) is 10.1. The van der Waals surface area contributed by atoms with Crippen LogP contribution in [0.1, 0.15) is 137 Å². The molecule has 37 heavy (non-hydrogen) atoms. The van der Waals surface area contributed by atoms with Gasteiger partial charge >= 0.3 is 0 Å². The van der Waals surface area contributed by atoms with Crippen molar-refractivity contribution in [2.45, 2.75) is 168 Å². The van der Waals surface area contributed by atoms with Gasteiger partial charge < -0.3 is 14.7 Å². The first-order valence-electron chi connectivity index (χ1n) is 17.0. The molecular weight excluding hydrogens is 452 g/mol. The Morgan fingerprint density at radius 1 is 0.541 bits per heavy atom. The third-order valence-corrected chi connectivity index (χ3v) is 10.3. The zero-order valence-corrected chi connectivity index (χ0v) is 25.9. The van der Waals surface area contributed by atoms with Crippen molar-refractivity contribution in [1.82, 2.24) is 19.6 Å². The van der Waals surface area contributed by atoms with E-state index in [9.17, 15) is 0 Å². The first-order valence-corrected chi connectivity index (χ1v) is 17.0. The Hall–Kier alpha value is -0.160. The molecule has 3 aliphatic rings. The molecule has 3 heterocycles. The molecule has 4 nitrogen and oxygen atoms in total. The minimum Gasteiger partial charge on any atom is -0.303 e. The van der Waals surface area contributed by atoms with E-state index >= 15 is 0 Å². The highest BCUT2D eigenvalue weighted by Gasteiger charge is 2.38. The molecule has 0 aromatic heterocycles. The van der Waals surface area contributed by atoms with Crippen LogP contribution in [0.15, 0.2) is 0 Å². The van der Waals surface area contributed by atoms with E-state index in [1.165, 1.54) is 149 Å². The lowest BCUT2D eigenvalue weighted by Crippen LogP contribution is -2.59. The molecule has 3 fully saturated rings. The van der Waals surface area contributed by atoms with Gasteiger partial charge in [0.25, 0.3) is 0 Å². The van der Waals surface area contributed by atoms with Crippen LogP contribution in [-0.2, 0) is 0 Å². The standard InChI is InChI=1S/C33H66N4/c1-6-9-11-12-15-30(5)36-27-20-33(21-28-36)37(31-16-23-34(24-17-31)22-13-10-7-2)32-18-25-35(26-19-32)29(4)14-8-3/h29-33H,6-28H2,1-5H3. The highest BCUT2D eigenvalue weighted by Crippen LogP contribution is 2.32. The highest BCUT2D eigenvalue weighted by atomic mass is 15.3. The van der Waals surface area contributed by atoms with E-state index in [-0.39, 0.29) is 0 Å². The van der Waals surface area contributed by atoms with Crippen molar-refractivity contribution in [3.05, 3.63) is 0 Å². The highest BCUT2D eigenvalue weighted by molar-refractivity contribution is 4.94. The predicted molar refractivity (Wildman–Crippen MR) is 163 cm³/mol. The number of likely N-dealkylation sites (tertiary alicyclic amines) is 3. The van der Waals surface area contributed by atoms with Crippen molar-refractivity contribution in [2.24, 2.45) is 0 Å². The average molecular weight is 519 g/mol. The second-order valence-electron chi connectivity index (χ2n) is 13.1. The maximum Gasteiger partial charge on any atom is 0.0125 e. The molecule has 4 heteroatoms. The summed E-state index contributed by atoms with van der Waals surface area (Å²) in [6.07, 6.45) is 22.3. The van der Waals surface area contributed by atoms with Gasteiger partial charge in [0.15, 0.2) is 0 Å². The van der Waals surface area contributed by atoms with Gasteiger partial charge in [-0.25, -0.2) is 0 Å². The molecule has 0 aliphatic carbocycles. The van der Waals surface area contributed by atoms with Gasteiger partial charge in [-0.1, -0.05) is 65.7 Å². The normalized spacial score (nSPS) is 24.2. The van der Waals surface area contributed by atoms with Gasteiger partial charge in [0.05, 0.1) is 0 Å². The Balaban J connectivity index is 1.55. The summed E-state index contributed by atoms with van der Waals surface area (Å²) >= 11 is 0. The minimum atomic E-state index is 0.771. The molecule has 3 saturated heterocycles. The fraction of sp³-hybridized carbons (Fsp3) is 1.00. The van der Waals surface area contributed by atoms with Crippen molar-refractivity contribution in [2.75, 3.05) is 45.8 Å². The lowest BCUT2D eigenvalue weighted by atomic mass is 9.90. The number of hydrogen-bond donors (Lipinski definition) is 0. The summed E-state index contributed by atoms with van der Waals surface area (Å²) in [6.45, 7) is 21.3. The van der Waals surface area contributed by atoms with Crippen LogP contribution in [0.2, 0.25) is 0 Å². The van der Waals surface area contributed by atoms with E-state index in [2.05, 4.69) is 54.2 Å². The number of unbranched alkanes of at least 4 members (excludes halogenated alkanes) is 5. The summed E-state index contributed by atoms with van der Waals surface area (Å²) in [5, 5.41) is 0. The summed E-state index contributed by atoms with van der Waals surface area (Å²) in [4.78, 5) is 11.6. The van der Waals surface area contributed by atoms with Crippen LogP contribution in [0.3, 0.4) is 0 Å². The van der Waals surface area contributed by atoms with E-state index in [4.69, 9.17) is 0 Å². The van der Waals surface area contributed by atoms with Crippen LogP contribution in [-0.4, -0.2) is 95.6 Å². The van der Waals surface area contributed by atoms with Gasteiger partial charge in [0.1, 0.15) is 0 Å². The molecule has 0 N–H and O–H groups in total. The predicted octanol–water partition coefficient (Wildman–Crippen LogP) is 7.42. The number of rotatable bonds is 16. The summed E-state index contributed by atoms with van der Waals surface area (Å²) in [5.41, 5.74) is 0. The Labute approximate surface area is 232 Å². The van der Waals surface area contributed by atoms with Crippen molar-refractivity contribution in [1.29, 1.82) is 0 Å². The number of piperidine rings is 3. The van der Waals surface area contributed by atoms with Crippen molar-refractivity contribution >= 4 is 0 Å². The molecule has 0 aromatic rings. The van der Waals surface area contributed by atoms with Gasteiger partial charge in [-0.15, -0.1) is 0 Å². The SMILES string of the molecule is CCCCCCC(C)N1CCC(N(C2CCN(CCCCC)CC2)C2CCN(C(C)CCC)CC2)CC1. The van der Waals surface area contributed by atoms with Crippen LogP contribution in [0.25, 0.3) is 0 Å². The summed E-state index contributed by atoms with van der Waals surface area (Å²) in [6, 6.07) is 4.03. The molecular formula is C33H66N4. The van der Waals surface area contributed by atoms with Crippen LogP contribution >= 0.6 is 0 Å². The van der Waals surface area contributed by atoms with Crippen LogP contribution in [0.5, 0.6) is 0 Å². The van der Waals surface area contributed by atoms with Gasteiger partial charge in [-0.3, -0.25) is 4.90 Å².